The molecule has 0 aliphatic rings. The Balaban J connectivity index is 0. The highest BCUT2D eigenvalue weighted by Crippen LogP contribution is 2.02. The summed E-state index contributed by atoms with van der Waals surface area (Å²) in [6.45, 7) is 2.73. The van der Waals surface area contributed by atoms with E-state index in [2.05, 4.69) is 6.92 Å². The zero-order valence-electron chi connectivity index (χ0n) is 9.70. The summed E-state index contributed by atoms with van der Waals surface area (Å²) in [6, 6.07) is 0. The zero-order valence-corrected chi connectivity index (χ0v) is 10.5. The lowest BCUT2D eigenvalue weighted by Crippen LogP contribution is -2.11. The fourth-order valence-electron chi connectivity index (χ4n) is 1.07. The molecule has 5 nitrogen and oxygen atoms in total. The van der Waals surface area contributed by atoms with Gasteiger partial charge in [0.05, 0.1) is 22.5 Å². The minimum Gasteiger partial charge on any atom is -0.748 e. The van der Waals surface area contributed by atoms with E-state index >= 15 is 0 Å². The highest BCUT2D eigenvalue weighted by molar-refractivity contribution is 7.85. The van der Waals surface area contributed by atoms with Gasteiger partial charge in [-0.3, -0.25) is 0 Å². The van der Waals surface area contributed by atoms with Crippen molar-refractivity contribution in [2.45, 2.75) is 39.0 Å². The van der Waals surface area contributed by atoms with Gasteiger partial charge in [0.2, 0.25) is 0 Å². The van der Waals surface area contributed by atoms with Crippen molar-refractivity contribution in [3.63, 3.8) is 0 Å². The normalized spacial score (nSPS) is 11.1. The van der Waals surface area contributed by atoms with Crippen LogP contribution >= 0.6 is 0 Å². The molecule has 0 rings (SSSR count). The van der Waals surface area contributed by atoms with Crippen LogP contribution in [-0.2, 0) is 14.9 Å². The number of hydrogen-bond donors (Lipinski definition) is 1. The van der Waals surface area contributed by atoms with Crippen molar-refractivity contribution in [3.05, 3.63) is 0 Å². The highest BCUT2D eigenvalue weighted by Gasteiger charge is 1.95. The molecular formula is C9H23NO4S. The molecular weight excluding hydrogens is 218 g/mol. The third-order valence-corrected chi connectivity index (χ3v) is 2.54. The van der Waals surface area contributed by atoms with Crippen LogP contribution < -0.4 is 6.15 Å². The van der Waals surface area contributed by atoms with E-state index in [0.717, 1.165) is 12.8 Å². The Hall–Kier alpha value is -0.170. The predicted molar refractivity (Wildman–Crippen MR) is 60.1 cm³/mol. The summed E-state index contributed by atoms with van der Waals surface area (Å²) in [5.41, 5.74) is 0. The Labute approximate surface area is 92.5 Å². The summed E-state index contributed by atoms with van der Waals surface area (Å²) in [6.07, 6.45) is 5.68. The third kappa shape index (κ3) is 16.5. The maximum absolute atomic E-state index is 10.2. The molecule has 0 saturated carbocycles. The minimum absolute atomic E-state index is 0. The molecule has 0 amide bonds. The molecule has 0 aromatic heterocycles. The first-order valence-electron chi connectivity index (χ1n) is 5.07. The molecule has 94 valence electrons. The van der Waals surface area contributed by atoms with Crippen molar-refractivity contribution in [2.75, 3.05) is 19.0 Å². The van der Waals surface area contributed by atoms with Crippen LogP contribution in [-0.4, -0.2) is 31.9 Å². The van der Waals surface area contributed by atoms with Gasteiger partial charge < -0.3 is 15.4 Å². The van der Waals surface area contributed by atoms with Crippen molar-refractivity contribution >= 4 is 10.1 Å². The first-order chi connectivity index (χ1) is 6.56. The van der Waals surface area contributed by atoms with E-state index in [1.807, 2.05) is 0 Å². The van der Waals surface area contributed by atoms with Gasteiger partial charge in [-0.2, -0.15) is 0 Å². The molecule has 4 N–H and O–H groups in total. The van der Waals surface area contributed by atoms with Gasteiger partial charge in [0, 0.05) is 6.61 Å². The van der Waals surface area contributed by atoms with E-state index in [0.29, 0.717) is 6.61 Å². The van der Waals surface area contributed by atoms with E-state index < -0.39 is 15.9 Å². The quantitative estimate of drug-likeness (QED) is 0.491. The molecule has 0 unspecified atom stereocenters. The molecule has 0 aromatic carbocycles. The smallest absolute Gasteiger partial charge is 0.0968 e. The number of quaternary nitrogens is 1. The molecule has 0 spiro atoms. The van der Waals surface area contributed by atoms with Crippen LogP contribution in [0.5, 0.6) is 0 Å². The molecule has 0 fully saturated rings. The second kappa shape index (κ2) is 10.4. The number of rotatable bonds is 9. The first kappa shape index (κ1) is 17.2. The lowest BCUT2D eigenvalue weighted by atomic mass is 10.2. The second-order valence-electron chi connectivity index (χ2n) is 3.29. The van der Waals surface area contributed by atoms with Gasteiger partial charge in [0.25, 0.3) is 0 Å². The Morgan fingerprint density at radius 3 is 2.20 bits per heavy atom. The van der Waals surface area contributed by atoms with Gasteiger partial charge in [-0.15, -0.1) is 0 Å². The third-order valence-electron chi connectivity index (χ3n) is 1.87. The van der Waals surface area contributed by atoms with E-state index in [1.165, 1.54) is 19.3 Å². The SMILES string of the molecule is CCCCCCCOCCS(=O)(=O)[O-].[NH4+]. The molecule has 0 radical (unpaired) electrons. The Morgan fingerprint density at radius 1 is 1.07 bits per heavy atom. The molecule has 0 atom stereocenters. The molecule has 15 heavy (non-hydrogen) atoms. The topological polar surface area (TPSA) is 103 Å². The second-order valence-corrected chi connectivity index (χ2v) is 4.81. The van der Waals surface area contributed by atoms with Crippen molar-refractivity contribution < 1.29 is 17.7 Å². The Kier molecular flexibility index (Phi) is 11.9. The van der Waals surface area contributed by atoms with Crippen LogP contribution in [0.15, 0.2) is 0 Å². The molecule has 0 aliphatic carbocycles. The van der Waals surface area contributed by atoms with Gasteiger partial charge in [0.15, 0.2) is 0 Å². The van der Waals surface area contributed by atoms with Crippen molar-refractivity contribution in [2.24, 2.45) is 0 Å². The van der Waals surface area contributed by atoms with E-state index in [9.17, 15) is 13.0 Å². The molecule has 0 bridgehead atoms. The maximum Gasteiger partial charge on any atom is 0.0968 e. The standard InChI is InChI=1S/C9H20O4S.H3N/c1-2-3-4-5-6-7-13-8-9-14(10,11)12;/h2-9H2,1H3,(H,10,11,12);1H3. The van der Waals surface area contributed by atoms with Crippen molar-refractivity contribution in [1.29, 1.82) is 0 Å². The fourth-order valence-corrected chi connectivity index (χ4v) is 1.39. The Bertz CT molecular complexity index is 216. The van der Waals surface area contributed by atoms with Crippen LogP contribution in [0.3, 0.4) is 0 Å². The van der Waals surface area contributed by atoms with Crippen molar-refractivity contribution in [3.8, 4) is 0 Å². The summed E-state index contributed by atoms with van der Waals surface area (Å²) in [4.78, 5) is 0. The fraction of sp³-hybridized carbons (Fsp3) is 1.00. The monoisotopic (exact) mass is 241 g/mol. The molecule has 0 heterocycles. The molecule has 0 aliphatic heterocycles. The van der Waals surface area contributed by atoms with Crippen LogP contribution in [0.4, 0.5) is 0 Å². The maximum atomic E-state index is 10.2. The highest BCUT2D eigenvalue weighted by atomic mass is 32.2. The summed E-state index contributed by atoms with van der Waals surface area (Å²) < 4.78 is 35.5. The van der Waals surface area contributed by atoms with Crippen LogP contribution in [0.25, 0.3) is 0 Å². The van der Waals surface area contributed by atoms with Gasteiger partial charge in [0.1, 0.15) is 0 Å². The van der Waals surface area contributed by atoms with Gasteiger partial charge in [-0.25, -0.2) is 8.42 Å². The van der Waals surface area contributed by atoms with Crippen LogP contribution in [0, 0.1) is 0 Å². The largest absolute Gasteiger partial charge is 0.748 e. The van der Waals surface area contributed by atoms with Crippen LogP contribution in [0.2, 0.25) is 0 Å². The van der Waals surface area contributed by atoms with Gasteiger partial charge >= 0.3 is 0 Å². The van der Waals surface area contributed by atoms with Gasteiger partial charge in [-0.1, -0.05) is 32.6 Å². The number of ether oxygens (including phenoxy) is 1. The molecule has 6 heteroatoms. The van der Waals surface area contributed by atoms with E-state index in [4.69, 9.17) is 4.74 Å². The predicted octanol–water partition coefficient (Wildman–Crippen LogP) is 1.89. The summed E-state index contributed by atoms with van der Waals surface area (Å²) in [5, 5.41) is 0. The summed E-state index contributed by atoms with van der Waals surface area (Å²) in [5.74, 6) is -0.415. The van der Waals surface area contributed by atoms with Crippen LogP contribution in [0.1, 0.15) is 39.0 Å². The summed E-state index contributed by atoms with van der Waals surface area (Å²) >= 11 is 0. The average molecular weight is 241 g/mol. The first-order valence-corrected chi connectivity index (χ1v) is 6.65. The average Bonchev–Trinajstić information content (AvgIpc) is 2.08. The Morgan fingerprint density at radius 2 is 1.67 bits per heavy atom. The van der Waals surface area contributed by atoms with Gasteiger partial charge in [-0.05, 0) is 6.42 Å². The number of hydrogen-bond acceptors (Lipinski definition) is 4. The van der Waals surface area contributed by atoms with E-state index in [-0.39, 0.29) is 12.8 Å². The lowest BCUT2D eigenvalue weighted by molar-refractivity contribution is 0.143. The molecule has 0 saturated heterocycles. The van der Waals surface area contributed by atoms with E-state index in [1.54, 1.807) is 0 Å². The van der Waals surface area contributed by atoms with Crippen molar-refractivity contribution in [1.82, 2.24) is 6.15 Å². The number of unbranched alkanes of at least 4 members (excludes halogenated alkanes) is 4. The molecule has 0 aromatic rings. The summed E-state index contributed by atoms with van der Waals surface area (Å²) in [7, 11) is -4.10. The lowest BCUT2D eigenvalue weighted by Gasteiger charge is -2.07. The minimum atomic E-state index is -4.10. The zero-order chi connectivity index (χ0) is 10.9.